The van der Waals surface area contributed by atoms with Crippen molar-refractivity contribution in [1.82, 2.24) is 5.32 Å². The minimum Gasteiger partial charge on any atom is -0.454 e. The van der Waals surface area contributed by atoms with Gasteiger partial charge in [0.1, 0.15) is 0 Å². The number of nitrogens with one attached hydrogen (secondary N) is 1. The lowest BCUT2D eigenvalue weighted by Gasteiger charge is -2.02. The molecule has 0 atom stereocenters. The van der Waals surface area contributed by atoms with Gasteiger partial charge < -0.3 is 14.8 Å². The first-order chi connectivity index (χ1) is 8.65. The molecule has 0 bridgehead atoms. The third kappa shape index (κ3) is 3.17. The molecule has 0 aliphatic carbocycles. The molecular formula is C14H15NO3. The van der Waals surface area contributed by atoms with E-state index in [9.17, 15) is 4.79 Å². The SMILES string of the molecule is CC(C)CNC(=O)C#Cc1ccc2c(c1)OCO2. The molecular weight excluding hydrogens is 230 g/mol. The molecule has 1 aliphatic rings. The minimum absolute atomic E-state index is 0.237. The van der Waals surface area contributed by atoms with E-state index >= 15 is 0 Å². The van der Waals surface area contributed by atoms with Gasteiger partial charge in [-0.25, -0.2) is 0 Å². The van der Waals surface area contributed by atoms with Crippen LogP contribution in [0.15, 0.2) is 18.2 Å². The molecule has 0 aromatic heterocycles. The Morgan fingerprint density at radius 1 is 1.39 bits per heavy atom. The molecule has 1 N–H and O–H groups in total. The van der Waals surface area contributed by atoms with E-state index in [0.29, 0.717) is 24.0 Å². The first-order valence-electron chi connectivity index (χ1n) is 5.84. The predicted molar refractivity (Wildman–Crippen MR) is 67.3 cm³/mol. The van der Waals surface area contributed by atoms with Crippen molar-refractivity contribution in [3.63, 3.8) is 0 Å². The normalized spacial score (nSPS) is 11.9. The van der Waals surface area contributed by atoms with Crippen LogP contribution in [0.5, 0.6) is 11.5 Å². The van der Waals surface area contributed by atoms with E-state index in [1.54, 1.807) is 18.2 Å². The zero-order valence-electron chi connectivity index (χ0n) is 10.4. The number of amides is 1. The fourth-order valence-electron chi connectivity index (χ4n) is 1.44. The van der Waals surface area contributed by atoms with Gasteiger partial charge >= 0.3 is 0 Å². The summed E-state index contributed by atoms with van der Waals surface area (Å²) >= 11 is 0. The second-order valence-corrected chi connectivity index (χ2v) is 4.42. The molecule has 1 aromatic carbocycles. The Labute approximate surface area is 106 Å². The molecule has 4 heteroatoms. The summed E-state index contributed by atoms with van der Waals surface area (Å²) in [6.45, 7) is 4.94. The summed E-state index contributed by atoms with van der Waals surface area (Å²) in [7, 11) is 0. The van der Waals surface area contributed by atoms with Crippen LogP contribution >= 0.6 is 0 Å². The molecule has 18 heavy (non-hydrogen) atoms. The minimum atomic E-state index is -0.263. The number of benzene rings is 1. The zero-order valence-corrected chi connectivity index (χ0v) is 10.4. The second kappa shape index (κ2) is 5.46. The van der Waals surface area contributed by atoms with Crippen LogP contribution in [0.1, 0.15) is 19.4 Å². The smallest absolute Gasteiger partial charge is 0.296 e. The lowest BCUT2D eigenvalue weighted by Crippen LogP contribution is -2.25. The number of hydrogen-bond donors (Lipinski definition) is 1. The molecule has 0 radical (unpaired) electrons. The molecule has 1 amide bonds. The van der Waals surface area contributed by atoms with Crippen molar-refractivity contribution in [3.8, 4) is 23.3 Å². The van der Waals surface area contributed by atoms with Gasteiger partial charge in [-0.15, -0.1) is 0 Å². The van der Waals surface area contributed by atoms with E-state index in [-0.39, 0.29) is 12.7 Å². The Balaban J connectivity index is 1.99. The summed E-state index contributed by atoms with van der Waals surface area (Å²) in [6.07, 6.45) is 0. The number of ether oxygens (including phenoxy) is 2. The molecule has 94 valence electrons. The monoisotopic (exact) mass is 245 g/mol. The maximum Gasteiger partial charge on any atom is 0.296 e. The number of carbonyl (C=O) groups is 1. The Bertz CT molecular complexity index is 512. The number of rotatable bonds is 2. The third-order valence-electron chi connectivity index (χ3n) is 2.36. The Kier molecular flexibility index (Phi) is 3.73. The van der Waals surface area contributed by atoms with E-state index in [0.717, 1.165) is 5.56 Å². The van der Waals surface area contributed by atoms with Gasteiger partial charge in [0.05, 0.1) is 0 Å². The van der Waals surface area contributed by atoms with Gasteiger partial charge in [-0.3, -0.25) is 4.79 Å². The standard InChI is InChI=1S/C14H15NO3/c1-10(2)8-15-14(16)6-4-11-3-5-12-13(7-11)18-9-17-12/h3,5,7,10H,8-9H2,1-2H3,(H,15,16). The number of hydrogen-bond acceptors (Lipinski definition) is 3. The van der Waals surface area contributed by atoms with Crippen LogP contribution in [0.2, 0.25) is 0 Å². The van der Waals surface area contributed by atoms with Crippen LogP contribution < -0.4 is 14.8 Å². The first kappa shape index (κ1) is 12.3. The van der Waals surface area contributed by atoms with Gasteiger partial charge in [0.15, 0.2) is 11.5 Å². The van der Waals surface area contributed by atoms with Crippen molar-refractivity contribution >= 4 is 5.91 Å². The van der Waals surface area contributed by atoms with E-state index in [2.05, 4.69) is 17.2 Å². The summed E-state index contributed by atoms with van der Waals surface area (Å²) in [5.74, 6) is 6.89. The van der Waals surface area contributed by atoms with Crippen LogP contribution in [0.25, 0.3) is 0 Å². The number of fused-ring (bicyclic) bond motifs is 1. The van der Waals surface area contributed by atoms with Gasteiger partial charge in [-0.05, 0) is 24.1 Å². The van der Waals surface area contributed by atoms with Gasteiger partial charge in [0, 0.05) is 18.0 Å². The molecule has 0 fully saturated rings. The molecule has 0 saturated heterocycles. The highest BCUT2D eigenvalue weighted by atomic mass is 16.7. The van der Waals surface area contributed by atoms with Crippen LogP contribution in [0.4, 0.5) is 0 Å². The first-order valence-corrected chi connectivity index (χ1v) is 5.84. The average molecular weight is 245 g/mol. The third-order valence-corrected chi connectivity index (χ3v) is 2.36. The molecule has 0 saturated carbocycles. The van der Waals surface area contributed by atoms with E-state index in [1.807, 2.05) is 13.8 Å². The van der Waals surface area contributed by atoms with Crippen LogP contribution in [-0.4, -0.2) is 19.2 Å². The molecule has 1 aliphatic heterocycles. The Morgan fingerprint density at radius 2 is 2.17 bits per heavy atom. The molecule has 1 heterocycles. The van der Waals surface area contributed by atoms with Gasteiger partial charge in [-0.2, -0.15) is 0 Å². The number of carbonyl (C=O) groups excluding carboxylic acids is 1. The fourth-order valence-corrected chi connectivity index (χ4v) is 1.44. The van der Waals surface area contributed by atoms with E-state index in [4.69, 9.17) is 9.47 Å². The van der Waals surface area contributed by atoms with Gasteiger partial charge in [-0.1, -0.05) is 19.8 Å². The van der Waals surface area contributed by atoms with Crippen LogP contribution in [0.3, 0.4) is 0 Å². The Hall–Kier alpha value is -2.15. The maximum atomic E-state index is 11.4. The molecule has 0 spiro atoms. The van der Waals surface area contributed by atoms with Crippen molar-refractivity contribution in [3.05, 3.63) is 23.8 Å². The van der Waals surface area contributed by atoms with E-state index in [1.165, 1.54) is 0 Å². The van der Waals surface area contributed by atoms with Crippen LogP contribution in [0, 0.1) is 17.8 Å². The maximum absolute atomic E-state index is 11.4. The van der Waals surface area contributed by atoms with E-state index < -0.39 is 0 Å². The summed E-state index contributed by atoms with van der Waals surface area (Å²) in [5, 5.41) is 2.74. The molecule has 0 unspecified atom stereocenters. The lowest BCUT2D eigenvalue weighted by atomic mass is 10.2. The van der Waals surface area contributed by atoms with Gasteiger partial charge in [0.2, 0.25) is 6.79 Å². The predicted octanol–water partition coefficient (Wildman–Crippen LogP) is 1.54. The van der Waals surface area contributed by atoms with Crippen molar-refractivity contribution in [2.45, 2.75) is 13.8 Å². The molecule has 4 nitrogen and oxygen atoms in total. The summed E-state index contributed by atoms with van der Waals surface area (Å²) in [5.41, 5.74) is 0.735. The highest BCUT2D eigenvalue weighted by Crippen LogP contribution is 2.32. The summed E-state index contributed by atoms with van der Waals surface area (Å²) in [6, 6.07) is 5.36. The van der Waals surface area contributed by atoms with Crippen molar-refractivity contribution in [2.75, 3.05) is 13.3 Å². The average Bonchev–Trinajstić information content (AvgIpc) is 2.81. The summed E-state index contributed by atoms with van der Waals surface area (Å²) in [4.78, 5) is 11.4. The highest BCUT2D eigenvalue weighted by Gasteiger charge is 2.12. The fraction of sp³-hybridized carbons (Fsp3) is 0.357. The van der Waals surface area contributed by atoms with Crippen molar-refractivity contribution in [1.29, 1.82) is 0 Å². The van der Waals surface area contributed by atoms with Gasteiger partial charge in [0.25, 0.3) is 5.91 Å². The van der Waals surface area contributed by atoms with Crippen LogP contribution in [-0.2, 0) is 4.79 Å². The topological polar surface area (TPSA) is 47.6 Å². The molecule has 1 aromatic rings. The largest absolute Gasteiger partial charge is 0.454 e. The lowest BCUT2D eigenvalue weighted by molar-refractivity contribution is -0.115. The zero-order chi connectivity index (χ0) is 13.0. The van der Waals surface area contributed by atoms with Crippen molar-refractivity contribution in [2.24, 2.45) is 5.92 Å². The van der Waals surface area contributed by atoms with Crippen molar-refractivity contribution < 1.29 is 14.3 Å². The molecule has 2 rings (SSSR count). The highest BCUT2D eigenvalue weighted by molar-refractivity contribution is 5.94. The quantitative estimate of drug-likeness (QED) is 0.804. The second-order valence-electron chi connectivity index (χ2n) is 4.42. The Morgan fingerprint density at radius 3 is 2.94 bits per heavy atom. The summed E-state index contributed by atoms with van der Waals surface area (Å²) < 4.78 is 10.4.